The van der Waals surface area contributed by atoms with E-state index in [9.17, 15) is 0 Å². The maximum Gasteiger partial charge on any atom is -0.0386 e. The van der Waals surface area contributed by atoms with Crippen LogP contribution in [0, 0.1) is 24.7 Å². The Labute approximate surface area is 134 Å². The van der Waals surface area contributed by atoms with E-state index in [1.807, 2.05) is 0 Å². The van der Waals surface area contributed by atoms with Crippen molar-refractivity contribution in [1.29, 1.82) is 0 Å². The third-order valence-electron chi connectivity index (χ3n) is 6.30. The maximum atomic E-state index is 4.06. The molecule has 0 aliphatic heterocycles. The predicted molar refractivity (Wildman–Crippen MR) is 94.3 cm³/mol. The molecule has 2 aliphatic rings. The number of rotatable bonds is 9. The highest BCUT2D eigenvalue weighted by molar-refractivity contribution is 4.75. The van der Waals surface area contributed by atoms with E-state index in [1.165, 1.54) is 103 Å². The topological polar surface area (TPSA) is 0 Å². The summed E-state index contributed by atoms with van der Waals surface area (Å²) in [6, 6.07) is 0. The van der Waals surface area contributed by atoms with E-state index >= 15 is 0 Å². The summed E-state index contributed by atoms with van der Waals surface area (Å²) in [7, 11) is 0. The van der Waals surface area contributed by atoms with Crippen LogP contribution in [0.25, 0.3) is 0 Å². The van der Waals surface area contributed by atoms with Crippen LogP contribution >= 0.6 is 0 Å². The Kier molecular flexibility index (Phi) is 8.83. The normalized spacial score (nSPS) is 23.3. The van der Waals surface area contributed by atoms with Gasteiger partial charge in [-0.2, -0.15) is 0 Å². The van der Waals surface area contributed by atoms with Gasteiger partial charge in [-0.05, 0) is 17.8 Å². The minimum absolute atomic E-state index is 1.04. The molecule has 0 bridgehead atoms. The van der Waals surface area contributed by atoms with Crippen molar-refractivity contribution in [2.24, 2.45) is 17.8 Å². The van der Waals surface area contributed by atoms with E-state index in [0.29, 0.717) is 0 Å². The van der Waals surface area contributed by atoms with Crippen molar-refractivity contribution in [2.45, 2.75) is 109 Å². The van der Waals surface area contributed by atoms with Crippen LogP contribution in [0.5, 0.6) is 0 Å². The third-order valence-corrected chi connectivity index (χ3v) is 6.30. The summed E-state index contributed by atoms with van der Waals surface area (Å²) in [5.74, 6) is 3.20. The van der Waals surface area contributed by atoms with Crippen LogP contribution in [0.3, 0.4) is 0 Å². The van der Waals surface area contributed by atoms with Gasteiger partial charge in [0.1, 0.15) is 0 Å². The minimum Gasteiger partial charge on any atom is -0.0533 e. The fraction of sp³-hybridized carbons (Fsp3) is 0.952. The zero-order chi connectivity index (χ0) is 14.8. The van der Waals surface area contributed by atoms with Gasteiger partial charge in [0.25, 0.3) is 0 Å². The molecule has 0 saturated heterocycles. The molecule has 2 aliphatic carbocycles. The van der Waals surface area contributed by atoms with E-state index < -0.39 is 0 Å². The first kappa shape index (κ1) is 17.4. The monoisotopic (exact) mass is 291 g/mol. The highest BCUT2D eigenvalue weighted by atomic mass is 14.3. The fourth-order valence-electron chi connectivity index (χ4n) is 4.94. The molecule has 1 unspecified atom stereocenters. The quantitative estimate of drug-likeness (QED) is 0.390. The van der Waals surface area contributed by atoms with Gasteiger partial charge in [0.15, 0.2) is 0 Å². The summed E-state index contributed by atoms with van der Waals surface area (Å²) in [4.78, 5) is 0. The molecule has 0 nitrogen and oxygen atoms in total. The van der Waals surface area contributed by atoms with Crippen molar-refractivity contribution >= 4 is 0 Å². The van der Waals surface area contributed by atoms with Crippen molar-refractivity contribution in [3.05, 3.63) is 6.92 Å². The van der Waals surface area contributed by atoms with Gasteiger partial charge < -0.3 is 0 Å². The lowest BCUT2D eigenvalue weighted by Gasteiger charge is -2.30. The molecule has 1 radical (unpaired) electrons. The smallest absolute Gasteiger partial charge is 0.0386 e. The summed E-state index contributed by atoms with van der Waals surface area (Å²) in [6.45, 7) is 4.06. The van der Waals surface area contributed by atoms with Gasteiger partial charge in [-0.1, -0.05) is 116 Å². The van der Waals surface area contributed by atoms with Crippen LogP contribution in [0.1, 0.15) is 109 Å². The van der Waals surface area contributed by atoms with Crippen molar-refractivity contribution in [3.63, 3.8) is 0 Å². The number of hydrogen-bond donors (Lipinski definition) is 0. The Morgan fingerprint density at radius 2 is 1.33 bits per heavy atom. The van der Waals surface area contributed by atoms with E-state index in [0.717, 1.165) is 24.2 Å². The van der Waals surface area contributed by atoms with Crippen molar-refractivity contribution in [1.82, 2.24) is 0 Å². The molecule has 0 N–H and O–H groups in total. The van der Waals surface area contributed by atoms with Gasteiger partial charge in [0.05, 0.1) is 0 Å². The highest BCUT2D eigenvalue weighted by Gasteiger charge is 2.23. The summed E-state index contributed by atoms with van der Waals surface area (Å²) >= 11 is 0. The largest absolute Gasteiger partial charge is 0.0533 e. The molecule has 2 saturated carbocycles. The molecule has 0 heteroatoms. The lowest BCUT2D eigenvalue weighted by atomic mass is 9.75. The molecule has 0 aromatic carbocycles. The number of hydrogen-bond acceptors (Lipinski definition) is 0. The molecule has 0 aromatic heterocycles. The minimum atomic E-state index is 1.04. The molecule has 21 heavy (non-hydrogen) atoms. The second-order valence-electron chi connectivity index (χ2n) is 7.94. The van der Waals surface area contributed by atoms with Gasteiger partial charge in [-0.3, -0.25) is 0 Å². The number of unbranched alkanes of at least 4 members (excludes halogenated alkanes) is 2. The third kappa shape index (κ3) is 6.74. The zero-order valence-electron chi connectivity index (χ0n) is 14.5. The van der Waals surface area contributed by atoms with E-state index in [1.54, 1.807) is 0 Å². The Hall–Kier alpha value is 0. The molecular formula is C21H39. The highest BCUT2D eigenvalue weighted by Crippen LogP contribution is 2.36. The summed E-state index contributed by atoms with van der Waals surface area (Å²) < 4.78 is 0. The lowest BCUT2D eigenvalue weighted by molar-refractivity contribution is 0.214. The first-order chi connectivity index (χ1) is 10.4. The van der Waals surface area contributed by atoms with Gasteiger partial charge in [-0.15, -0.1) is 0 Å². The van der Waals surface area contributed by atoms with Crippen LogP contribution in [0.2, 0.25) is 0 Å². The Morgan fingerprint density at radius 1 is 0.714 bits per heavy atom. The van der Waals surface area contributed by atoms with Gasteiger partial charge in [-0.25, -0.2) is 0 Å². The van der Waals surface area contributed by atoms with E-state index in [4.69, 9.17) is 0 Å². The average molecular weight is 292 g/mol. The average Bonchev–Trinajstić information content (AvgIpc) is 2.56. The van der Waals surface area contributed by atoms with Crippen LogP contribution in [-0.4, -0.2) is 0 Å². The molecule has 1 atom stereocenters. The van der Waals surface area contributed by atoms with Crippen LogP contribution < -0.4 is 0 Å². The zero-order valence-corrected chi connectivity index (χ0v) is 14.5. The molecule has 123 valence electrons. The molecule has 0 spiro atoms. The Morgan fingerprint density at radius 3 is 2.00 bits per heavy atom. The second kappa shape index (κ2) is 10.7. The summed E-state index contributed by atoms with van der Waals surface area (Å²) in [6.07, 6.45) is 25.2. The fourth-order valence-corrected chi connectivity index (χ4v) is 4.94. The van der Waals surface area contributed by atoms with Crippen LogP contribution in [-0.2, 0) is 0 Å². The summed E-state index contributed by atoms with van der Waals surface area (Å²) in [5, 5.41) is 0. The van der Waals surface area contributed by atoms with Gasteiger partial charge >= 0.3 is 0 Å². The summed E-state index contributed by atoms with van der Waals surface area (Å²) in [5.41, 5.74) is 0. The second-order valence-corrected chi connectivity index (χ2v) is 7.94. The first-order valence-corrected chi connectivity index (χ1v) is 10.2. The Bertz CT molecular complexity index is 232. The lowest BCUT2D eigenvalue weighted by Crippen LogP contribution is -2.18. The molecular weight excluding hydrogens is 252 g/mol. The van der Waals surface area contributed by atoms with Crippen LogP contribution in [0.4, 0.5) is 0 Å². The van der Waals surface area contributed by atoms with Crippen molar-refractivity contribution in [2.75, 3.05) is 0 Å². The van der Waals surface area contributed by atoms with E-state index in [2.05, 4.69) is 6.92 Å². The van der Waals surface area contributed by atoms with Crippen molar-refractivity contribution in [3.8, 4) is 0 Å². The molecule has 0 amide bonds. The molecule has 2 rings (SSSR count). The predicted octanol–water partition coefficient (Wildman–Crippen LogP) is 7.33. The SMILES string of the molecule is [CH2]CCCC(CCCCC1CCCCC1)C1CCCCC1. The molecule has 2 fully saturated rings. The first-order valence-electron chi connectivity index (χ1n) is 10.2. The standard InChI is InChI=1S/C21H39/c1-2-3-15-20(21-16-8-5-9-17-21)18-11-10-14-19-12-6-4-7-13-19/h19-21H,1-18H2. The molecule has 0 heterocycles. The Balaban J connectivity index is 1.63. The molecule has 0 aromatic rings. The van der Waals surface area contributed by atoms with E-state index in [-0.39, 0.29) is 0 Å². The van der Waals surface area contributed by atoms with Gasteiger partial charge in [0.2, 0.25) is 0 Å². The maximum absolute atomic E-state index is 4.06. The van der Waals surface area contributed by atoms with Crippen LogP contribution in [0.15, 0.2) is 0 Å². The van der Waals surface area contributed by atoms with Crippen molar-refractivity contribution < 1.29 is 0 Å². The van der Waals surface area contributed by atoms with Gasteiger partial charge in [0, 0.05) is 0 Å².